The molecule has 0 heterocycles. The van der Waals surface area contributed by atoms with Crippen molar-refractivity contribution in [2.24, 2.45) is 0 Å². The second kappa shape index (κ2) is 7.43. The minimum atomic E-state index is 0.144. The van der Waals surface area contributed by atoms with E-state index in [4.69, 9.17) is 0 Å². The molecule has 2 aromatic rings. The second-order valence-corrected chi connectivity index (χ2v) is 5.43. The topological polar surface area (TPSA) is 35.5 Å². The summed E-state index contributed by atoms with van der Waals surface area (Å²) in [5.74, 6) is 0.399. The molecule has 0 bridgehead atoms. The molecular weight excluding hydrogens is 260 g/mol. The summed E-state index contributed by atoms with van der Waals surface area (Å²) in [6.07, 6.45) is 0. The smallest absolute Gasteiger partial charge is 0.128 e. The van der Waals surface area contributed by atoms with Gasteiger partial charge in [0, 0.05) is 30.1 Å². The van der Waals surface area contributed by atoms with Crippen molar-refractivity contribution in [3.8, 4) is 5.75 Å². The van der Waals surface area contributed by atoms with Gasteiger partial charge in [-0.1, -0.05) is 50.2 Å². The van der Waals surface area contributed by atoms with Gasteiger partial charge in [-0.25, -0.2) is 0 Å². The summed E-state index contributed by atoms with van der Waals surface area (Å²) in [5, 5.41) is 16.0. The van der Waals surface area contributed by atoms with Crippen LogP contribution in [0.2, 0.25) is 0 Å². The molecule has 2 rings (SSSR count). The van der Waals surface area contributed by atoms with Crippen LogP contribution in [0.5, 0.6) is 5.75 Å². The Balaban J connectivity index is 2.05. The maximum absolute atomic E-state index is 10.5. The lowest BCUT2D eigenvalue weighted by Gasteiger charge is -2.21. The third kappa shape index (κ3) is 3.74. The summed E-state index contributed by atoms with van der Waals surface area (Å²) in [6.45, 7) is 10.6. The molecule has 0 spiro atoms. The monoisotopic (exact) mass is 286 g/mol. The summed E-state index contributed by atoms with van der Waals surface area (Å²) in [5.41, 5.74) is 0.966. The average molecular weight is 286 g/mol. The van der Waals surface area contributed by atoms with Crippen molar-refractivity contribution in [3.05, 3.63) is 42.0 Å². The number of nitrogens with zero attached hydrogens (tertiary/aromatic N) is 1. The number of benzene rings is 2. The van der Waals surface area contributed by atoms with E-state index in [0.29, 0.717) is 5.75 Å². The molecule has 0 saturated carbocycles. The summed E-state index contributed by atoms with van der Waals surface area (Å²) in [6, 6.07) is 12.2. The first kappa shape index (κ1) is 15.8. The molecule has 21 heavy (non-hydrogen) atoms. The van der Waals surface area contributed by atoms with Crippen molar-refractivity contribution in [2.45, 2.75) is 26.8 Å². The number of hydrogen-bond donors (Lipinski definition) is 2. The Hall–Kier alpha value is -1.58. The van der Waals surface area contributed by atoms with Gasteiger partial charge >= 0.3 is 0 Å². The molecule has 3 heteroatoms. The van der Waals surface area contributed by atoms with Crippen molar-refractivity contribution in [1.29, 1.82) is 0 Å². The average Bonchev–Trinajstić information content (AvgIpc) is 2.52. The SMILES string of the molecule is CCN(CC)CCNC(C)c1ccc2ccccc2c1O. The van der Waals surface area contributed by atoms with Gasteiger partial charge in [-0.2, -0.15) is 0 Å². The fourth-order valence-electron chi connectivity index (χ4n) is 2.71. The second-order valence-electron chi connectivity index (χ2n) is 5.43. The van der Waals surface area contributed by atoms with Crippen LogP contribution in [0.3, 0.4) is 0 Å². The van der Waals surface area contributed by atoms with Gasteiger partial charge in [0.1, 0.15) is 5.75 Å². The van der Waals surface area contributed by atoms with Crippen molar-refractivity contribution in [1.82, 2.24) is 10.2 Å². The minimum absolute atomic E-state index is 0.144. The predicted molar refractivity (Wildman–Crippen MR) is 89.8 cm³/mol. The quantitative estimate of drug-likeness (QED) is 0.817. The fourth-order valence-corrected chi connectivity index (χ4v) is 2.71. The molecule has 0 aromatic heterocycles. The Kier molecular flexibility index (Phi) is 5.59. The Morgan fingerprint density at radius 3 is 2.52 bits per heavy atom. The molecule has 114 valence electrons. The van der Waals surface area contributed by atoms with Crippen molar-refractivity contribution < 1.29 is 5.11 Å². The standard InChI is InChI=1S/C18H26N2O/c1-4-20(5-2)13-12-19-14(3)16-11-10-15-8-6-7-9-17(15)18(16)21/h6-11,14,19,21H,4-5,12-13H2,1-3H3. The van der Waals surface area contributed by atoms with Crippen LogP contribution in [-0.2, 0) is 0 Å². The molecule has 3 nitrogen and oxygen atoms in total. The lowest BCUT2D eigenvalue weighted by atomic mass is 10.0. The first-order valence-corrected chi connectivity index (χ1v) is 7.83. The molecule has 0 aliphatic rings. The number of likely N-dealkylation sites (N-methyl/N-ethyl adjacent to an activating group) is 1. The maximum Gasteiger partial charge on any atom is 0.128 e. The zero-order valence-electron chi connectivity index (χ0n) is 13.3. The number of rotatable bonds is 7. The molecule has 2 N–H and O–H groups in total. The normalized spacial score (nSPS) is 13.0. The van der Waals surface area contributed by atoms with E-state index in [1.54, 1.807) is 0 Å². The summed E-state index contributed by atoms with van der Waals surface area (Å²) >= 11 is 0. The molecule has 2 aromatic carbocycles. The molecule has 0 radical (unpaired) electrons. The van der Waals surface area contributed by atoms with E-state index in [1.807, 2.05) is 30.3 Å². The summed E-state index contributed by atoms with van der Waals surface area (Å²) < 4.78 is 0. The Morgan fingerprint density at radius 2 is 1.81 bits per heavy atom. The van der Waals surface area contributed by atoms with Gasteiger partial charge in [0.05, 0.1) is 0 Å². The van der Waals surface area contributed by atoms with E-state index in [9.17, 15) is 5.11 Å². The van der Waals surface area contributed by atoms with Crippen LogP contribution in [0.1, 0.15) is 32.4 Å². The number of nitrogens with one attached hydrogen (secondary N) is 1. The zero-order valence-corrected chi connectivity index (χ0v) is 13.3. The van der Waals surface area contributed by atoms with Gasteiger partial charge in [-0.05, 0) is 25.4 Å². The molecule has 0 aliphatic carbocycles. The molecule has 1 atom stereocenters. The van der Waals surface area contributed by atoms with Gasteiger partial charge in [0.15, 0.2) is 0 Å². The van der Waals surface area contributed by atoms with E-state index >= 15 is 0 Å². The van der Waals surface area contributed by atoms with Crippen LogP contribution < -0.4 is 5.32 Å². The first-order valence-electron chi connectivity index (χ1n) is 7.83. The highest BCUT2D eigenvalue weighted by Gasteiger charge is 2.12. The highest BCUT2D eigenvalue weighted by atomic mass is 16.3. The van der Waals surface area contributed by atoms with Crippen LogP contribution in [0, 0.1) is 0 Å². The highest BCUT2D eigenvalue weighted by molar-refractivity contribution is 5.89. The van der Waals surface area contributed by atoms with E-state index in [1.165, 1.54) is 0 Å². The summed E-state index contributed by atoms with van der Waals surface area (Å²) in [4.78, 5) is 2.39. The molecule has 0 amide bonds. The van der Waals surface area contributed by atoms with Crippen LogP contribution >= 0.6 is 0 Å². The number of fused-ring (bicyclic) bond motifs is 1. The van der Waals surface area contributed by atoms with E-state index in [-0.39, 0.29) is 6.04 Å². The lowest BCUT2D eigenvalue weighted by molar-refractivity contribution is 0.297. The van der Waals surface area contributed by atoms with Gasteiger partial charge in [0.25, 0.3) is 0 Å². The Bertz CT molecular complexity index is 578. The first-order chi connectivity index (χ1) is 10.2. The minimum Gasteiger partial charge on any atom is -0.507 e. The van der Waals surface area contributed by atoms with Gasteiger partial charge in [-0.15, -0.1) is 0 Å². The number of phenolic OH excluding ortho intramolecular Hbond substituents is 1. The Labute approximate surface area is 127 Å². The van der Waals surface area contributed by atoms with E-state index in [2.05, 4.69) is 37.1 Å². The number of phenols is 1. The van der Waals surface area contributed by atoms with Gasteiger partial charge in [0.2, 0.25) is 0 Å². The molecular formula is C18H26N2O. The van der Waals surface area contributed by atoms with Crippen LogP contribution in [0.25, 0.3) is 10.8 Å². The molecule has 1 unspecified atom stereocenters. The van der Waals surface area contributed by atoms with Crippen molar-refractivity contribution >= 4 is 10.8 Å². The zero-order chi connectivity index (χ0) is 15.2. The molecule has 0 saturated heterocycles. The van der Waals surface area contributed by atoms with Crippen LogP contribution in [-0.4, -0.2) is 36.2 Å². The highest BCUT2D eigenvalue weighted by Crippen LogP contribution is 2.32. The lowest BCUT2D eigenvalue weighted by Crippen LogP contribution is -2.33. The third-order valence-electron chi connectivity index (χ3n) is 4.17. The fraction of sp³-hybridized carbons (Fsp3) is 0.444. The summed E-state index contributed by atoms with van der Waals surface area (Å²) in [7, 11) is 0. The number of aromatic hydroxyl groups is 1. The van der Waals surface area contributed by atoms with Crippen LogP contribution in [0.15, 0.2) is 36.4 Å². The largest absolute Gasteiger partial charge is 0.507 e. The third-order valence-corrected chi connectivity index (χ3v) is 4.17. The van der Waals surface area contributed by atoms with Crippen LogP contribution in [0.4, 0.5) is 0 Å². The van der Waals surface area contributed by atoms with Crippen molar-refractivity contribution in [3.63, 3.8) is 0 Å². The van der Waals surface area contributed by atoms with Gasteiger partial charge < -0.3 is 15.3 Å². The predicted octanol–water partition coefficient (Wildman–Crippen LogP) is 3.54. The Morgan fingerprint density at radius 1 is 1.10 bits per heavy atom. The number of hydrogen-bond acceptors (Lipinski definition) is 3. The van der Waals surface area contributed by atoms with E-state index in [0.717, 1.165) is 42.5 Å². The molecule has 0 fully saturated rings. The van der Waals surface area contributed by atoms with Gasteiger partial charge in [-0.3, -0.25) is 0 Å². The maximum atomic E-state index is 10.5. The van der Waals surface area contributed by atoms with Crippen molar-refractivity contribution in [2.75, 3.05) is 26.2 Å². The molecule has 0 aliphatic heterocycles. The van der Waals surface area contributed by atoms with E-state index < -0.39 is 0 Å².